The van der Waals surface area contributed by atoms with Crippen molar-refractivity contribution < 1.29 is 18.1 Å². The number of anilines is 1. The highest BCUT2D eigenvalue weighted by molar-refractivity contribution is 7.14. The summed E-state index contributed by atoms with van der Waals surface area (Å²) >= 11 is 1.33. The smallest absolute Gasteiger partial charge is 0.270 e. The topological polar surface area (TPSA) is 68.0 Å². The summed E-state index contributed by atoms with van der Waals surface area (Å²) in [5.74, 6) is -0.984. The van der Waals surface area contributed by atoms with Gasteiger partial charge in [-0.05, 0) is 36.4 Å². The second-order valence-corrected chi connectivity index (χ2v) is 6.39. The molecule has 2 aromatic heterocycles. The van der Waals surface area contributed by atoms with Crippen molar-refractivity contribution in [1.29, 1.82) is 0 Å². The van der Waals surface area contributed by atoms with Crippen LogP contribution >= 0.6 is 11.3 Å². The maximum atomic E-state index is 13.7. The van der Waals surface area contributed by atoms with Crippen LogP contribution in [-0.4, -0.2) is 16.0 Å². The predicted molar refractivity (Wildman–Crippen MR) is 83.9 cm³/mol. The van der Waals surface area contributed by atoms with Gasteiger partial charge in [0.1, 0.15) is 16.5 Å². The lowest BCUT2D eigenvalue weighted by Gasteiger charge is -2.05. The highest BCUT2D eigenvalue weighted by Gasteiger charge is 2.29. The van der Waals surface area contributed by atoms with Gasteiger partial charge < -0.3 is 9.84 Å². The fourth-order valence-corrected chi connectivity index (χ4v) is 3.04. The summed E-state index contributed by atoms with van der Waals surface area (Å²) in [4.78, 5) is 17.2. The van der Waals surface area contributed by atoms with Crippen molar-refractivity contribution in [2.45, 2.75) is 18.8 Å². The molecular formula is C16H11F2N3O2S. The van der Waals surface area contributed by atoms with Gasteiger partial charge in [0, 0.05) is 12.0 Å². The van der Waals surface area contributed by atoms with Gasteiger partial charge in [-0.2, -0.15) is 4.98 Å². The summed E-state index contributed by atoms with van der Waals surface area (Å²) in [6, 6.07) is 4.47. The predicted octanol–water partition coefficient (Wildman–Crippen LogP) is 4.21. The SMILES string of the molecule is O=C(Nc1ccsc1-c1nc(C2CC2)no1)c1ccc(F)cc1F. The van der Waals surface area contributed by atoms with Crippen LogP contribution in [0.4, 0.5) is 14.5 Å². The molecule has 1 aliphatic carbocycles. The first kappa shape index (κ1) is 14.9. The van der Waals surface area contributed by atoms with E-state index in [1.165, 1.54) is 11.3 Å². The van der Waals surface area contributed by atoms with Crippen LogP contribution in [0.1, 0.15) is 34.9 Å². The summed E-state index contributed by atoms with van der Waals surface area (Å²) in [6.45, 7) is 0. The van der Waals surface area contributed by atoms with Gasteiger partial charge in [-0.25, -0.2) is 8.78 Å². The number of nitrogens with one attached hydrogen (secondary N) is 1. The maximum Gasteiger partial charge on any atom is 0.270 e. The number of hydrogen-bond acceptors (Lipinski definition) is 5. The summed E-state index contributed by atoms with van der Waals surface area (Å²) < 4.78 is 31.9. The average molecular weight is 347 g/mol. The summed E-state index contributed by atoms with van der Waals surface area (Å²) in [6.07, 6.45) is 2.10. The molecule has 0 spiro atoms. The molecule has 2 heterocycles. The Bertz CT molecular complexity index is 918. The molecule has 24 heavy (non-hydrogen) atoms. The second-order valence-electron chi connectivity index (χ2n) is 5.47. The Labute approximate surface area is 139 Å². The third-order valence-electron chi connectivity index (χ3n) is 3.67. The highest BCUT2D eigenvalue weighted by Crippen LogP contribution is 2.40. The molecule has 0 saturated heterocycles. The zero-order valence-electron chi connectivity index (χ0n) is 12.3. The van der Waals surface area contributed by atoms with E-state index >= 15 is 0 Å². The number of carbonyl (C=O) groups excluding carboxylic acids is 1. The normalized spacial score (nSPS) is 13.9. The lowest BCUT2D eigenvalue weighted by atomic mass is 10.2. The van der Waals surface area contributed by atoms with E-state index in [0.717, 1.165) is 25.0 Å². The summed E-state index contributed by atoms with van der Waals surface area (Å²) in [7, 11) is 0. The summed E-state index contributed by atoms with van der Waals surface area (Å²) in [5, 5.41) is 8.30. The van der Waals surface area contributed by atoms with E-state index in [9.17, 15) is 13.6 Å². The Balaban J connectivity index is 1.58. The number of amides is 1. The van der Waals surface area contributed by atoms with Crippen molar-refractivity contribution in [3.05, 3.63) is 52.7 Å². The van der Waals surface area contributed by atoms with Crippen LogP contribution in [0.25, 0.3) is 10.8 Å². The minimum absolute atomic E-state index is 0.238. The average Bonchev–Trinajstić information content (AvgIpc) is 3.10. The fraction of sp³-hybridized carbons (Fsp3) is 0.188. The van der Waals surface area contributed by atoms with Crippen molar-refractivity contribution in [2.24, 2.45) is 0 Å². The third-order valence-corrected chi connectivity index (χ3v) is 4.57. The van der Waals surface area contributed by atoms with Gasteiger partial charge in [0.2, 0.25) is 0 Å². The van der Waals surface area contributed by atoms with Crippen molar-refractivity contribution in [3.63, 3.8) is 0 Å². The monoisotopic (exact) mass is 347 g/mol. The van der Waals surface area contributed by atoms with E-state index < -0.39 is 17.5 Å². The fourth-order valence-electron chi connectivity index (χ4n) is 2.27. The second kappa shape index (κ2) is 5.79. The highest BCUT2D eigenvalue weighted by atomic mass is 32.1. The molecule has 8 heteroatoms. The van der Waals surface area contributed by atoms with Crippen molar-refractivity contribution in [3.8, 4) is 10.8 Å². The lowest BCUT2D eigenvalue weighted by molar-refractivity contribution is 0.102. The van der Waals surface area contributed by atoms with Crippen LogP contribution in [0.3, 0.4) is 0 Å². The Morgan fingerprint density at radius 1 is 1.29 bits per heavy atom. The molecule has 1 saturated carbocycles. The van der Waals surface area contributed by atoms with Crippen LogP contribution in [-0.2, 0) is 0 Å². The minimum atomic E-state index is -0.918. The Hall–Kier alpha value is -2.61. The van der Waals surface area contributed by atoms with Crippen LogP contribution in [0, 0.1) is 11.6 Å². The van der Waals surface area contributed by atoms with Gasteiger partial charge in [-0.15, -0.1) is 11.3 Å². The molecule has 1 amide bonds. The Morgan fingerprint density at radius 2 is 2.12 bits per heavy atom. The van der Waals surface area contributed by atoms with Crippen molar-refractivity contribution >= 4 is 22.9 Å². The standard InChI is InChI=1S/C16H11F2N3O2S/c17-9-3-4-10(11(18)7-9)15(22)19-12-5-6-24-13(12)16-20-14(21-23-16)8-1-2-8/h3-8H,1-2H2,(H,19,22). The van der Waals surface area contributed by atoms with Crippen molar-refractivity contribution in [2.75, 3.05) is 5.32 Å². The van der Waals surface area contributed by atoms with Crippen molar-refractivity contribution in [1.82, 2.24) is 10.1 Å². The molecule has 0 radical (unpaired) electrons. The molecule has 0 aliphatic heterocycles. The van der Waals surface area contributed by atoms with E-state index in [2.05, 4.69) is 15.5 Å². The Morgan fingerprint density at radius 3 is 2.88 bits per heavy atom. The van der Waals surface area contributed by atoms with E-state index in [1.807, 2.05) is 0 Å². The molecule has 5 nitrogen and oxygen atoms in total. The number of nitrogens with zero attached hydrogens (tertiary/aromatic N) is 2. The molecule has 122 valence electrons. The van der Waals surface area contributed by atoms with Gasteiger partial charge >= 0.3 is 0 Å². The van der Waals surface area contributed by atoms with Gasteiger partial charge in [0.15, 0.2) is 5.82 Å². The zero-order chi connectivity index (χ0) is 16.7. The van der Waals surface area contributed by atoms with Crippen LogP contribution in [0.2, 0.25) is 0 Å². The number of halogens is 2. The molecule has 1 aromatic carbocycles. The number of benzene rings is 1. The molecule has 3 aromatic rings. The minimum Gasteiger partial charge on any atom is -0.333 e. The first-order chi connectivity index (χ1) is 11.6. The summed E-state index contributed by atoms with van der Waals surface area (Å²) in [5.41, 5.74) is 0.206. The number of rotatable bonds is 4. The van der Waals surface area contributed by atoms with E-state index in [-0.39, 0.29) is 5.56 Å². The third kappa shape index (κ3) is 2.80. The maximum absolute atomic E-state index is 13.7. The van der Waals surface area contributed by atoms with Crippen LogP contribution in [0.15, 0.2) is 34.2 Å². The Kier molecular flexibility index (Phi) is 3.61. The first-order valence-electron chi connectivity index (χ1n) is 7.29. The van der Waals surface area contributed by atoms with Crippen LogP contribution < -0.4 is 5.32 Å². The van der Waals surface area contributed by atoms with Gasteiger partial charge in [-0.1, -0.05) is 5.16 Å². The number of carbonyl (C=O) groups is 1. The molecule has 0 atom stereocenters. The largest absolute Gasteiger partial charge is 0.333 e. The van der Waals surface area contributed by atoms with Gasteiger partial charge in [0.25, 0.3) is 11.8 Å². The van der Waals surface area contributed by atoms with Gasteiger partial charge in [0.05, 0.1) is 11.3 Å². The van der Waals surface area contributed by atoms with Crippen LogP contribution in [0.5, 0.6) is 0 Å². The molecule has 4 rings (SSSR count). The first-order valence-corrected chi connectivity index (χ1v) is 8.17. The molecule has 1 N–H and O–H groups in total. The quantitative estimate of drug-likeness (QED) is 0.768. The molecular weight excluding hydrogens is 336 g/mol. The number of aromatic nitrogens is 2. The number of hydrogen-bond donors (Lipinski definition) is 1. The van der Waals surface area contributed by atoms with E-state index in [0.29, 0.717) is 34.3 Å². The zero-order valence-corrected chi connectivity index (χ0v) is 13.1. The molecule has 0 unspecified atom stereocenters. The van der Waals surface area contributed by atoms with E-state index in [4.69, 9.17) is 4.52 Å². The molecule has 1 aliphatic rings. The lowest BCUT2D eigenvalue weighted by Crippen LogP contribution is -2.14. The number of thiophene rings is 1. The van der Waals surface area contributed by atoms with E-state index in [1.54, 1.807) is 11.4 Å². The molecule has 0 bridgehead atoms. The van der Waals surface area contributed by atoms with Gasteiger partial charge in [-0.3, -0.25) is 4.79 Å². The molecule has 1 fully saturated rings.